The molecule has 2 aromatic heterocycles. The van der Waals surface area contributed by atoms with Crippen molar-refractivity contribution in [3.05, 3.63) is 34.0 Å². The molecular formula is C16H20N4O4S. The van der Waals surface area contributed by atoms with Crippen LogP contribution in [0.3, 0.4) is 0 Å². The van der Waals surface area contributed by atoms with Gasteiger partial charge in [0.2, 0.25) is 0 Å². The molecule has 8 nitrogen and oxygen atoms in total. The fourth-order valence-corrected chi connectivity index (χ4v) is 3.45. The van der Waals surface area contributed by atoms with E-state index in [1.165, 1.54) is 0 Å². The van der Waals surface area contributed by atoms with Gasteiger partial charge in [0, 0.05) is 14.2 Å². The van der Waals surface area contributed by atoms with Crippen molar-refractivity contribution in [2.24, 2.45) is 4.99 Å². The van der Waals surface area contributed by atoms with Crippen LogP contribution in [-0.4, -0.2) is 55.0 Å². The van der Waals surface area contributed by atoms with Gasteiger partial charge in [0.1, 0.15) is 12.2 Å². The number of esters is 1. The first-order chi connectivity index (χ1) is 12.2. The third kappa shape index (κ3) is 3.44. The second-order valence-corrected chi connectivity index (χ2v) is 6.13. The maximum absolute atomic E-state index is 12.1. The number of hydrogen-bond acceptors (Lipinski definition) is 8. The molecule has 0 unspecified atom stereocenters. The Labute approximate surface area is 149 Å². The van der Waals surface area contributed by atoms with E-state index in [2.05, 4.69) is 15.3 Å². The van der Waals surface area contributed by atoms with Crippen molar-refractivity contribution >= 4 is 23.1 Å². The van der Waals surface area contributed by atoms with Gasteiger partial charge in [-0.15, -0.1) is 11.3 Å². The van der Waals surface area contributed by atoms with E-state index in [1.54, 1.807) is 38.8 Å². The van der Waals surface area contributed by atoms with Gasteiger partial charge < -0.3 is 19.5 Å². The molecule has 2 aromatic rings. The SMILES string of the molecule is CCOC(=O)c1ncn2c1CN=C(NCC(OC)OC)c1sccc1-2. The first kappa shape index (κ1) is 17.6. The molecule has 1 N–H and O–H groups in total. The number of ether oxygens (including phenoxy) is 3. The lowest BCUT2D eigenvalue weighted by Gasteiger charge is -2.15. The van der Waals surface area contributed by atoms with E-state index in [-0.39, 0.29) is 6.29 Å². The molecule has 0 aliphatic carbocycles. The predicted octanol–water partition coefficient (Wildman–Crippen LogP) is 1.58. The van der Waals surface area contributed by atoms with Crippen LogP contribution in [-0.2, 0) is 20.8 Å². The summed E-state index contributed by atoms with van der Waals surface area (Å²) < 4.78 is 17.4. The Bertz CT molecular complexity index is 779. The molecule has 134 valence electrons. The van der Waals surface area contributed by atoms with Crippen LogP contribution in [0.15, 0.2) is 22.8 Å². The molecule has 1 aliphatic rings. The smallest absolute Gasteiger partial charge is 0.358 e. The summed E-state index contributed by atoms with van der Waals surface area (Å²) in [4.78, 5) is 21.9. The zero-order valence-corrected chi connectivity index (χ0v) is 15.1. The summed E-state index contributed by atoms with van der Waals surface area (Å²) in [5, 5.41) is 5.24. The quantitative estimate of drug-likeness (QED) is 0.619. The van der Waals surface area contributed by atoms with Crippen LogP contribution in [0.5, 0.6) is 0 Å². The van der Waals surface area contributed by atoms with Gasteiger partial charge in [0.25, 0.3) is 0 Å². The number of imidazole rings is 1. The van der Waals surface area contributed by atoms with Crippen molar-refractivity contribution in [1.82, 2.24) is 14.9 Å². The average molecular weight is 364 g/mol. The number of rotatable bonds is 6. The third-order valence-electron chi connectivity index (χ3n) is 3.80. The molecule has 9 heteroatoms. The van der Waals surface area contributed by atoms with Crippen LogP contribution in [0.2, 0.25) is 0 Å². The average Bonchev–Trinajstić information content (AvgIpc) is 3.22. The van der Waals surface area contributed by atoms with Crippen LogP contribution < -0.4 is 5.32 Å². The van der Waals surface area contributed by atoms with Gasteiger partial charge in [-0.05, 0) is 18.4 Å². The minimum atomic E-state index is -0.432. The molecular weight excluding hydrogens is 344 g/mol. The molecule has 0 saturated carbocycles. The van der Waals surface area contributed by atoms with Crippen molar-refractivity contribution in [2.75, 3.05) is 27.4 Å². The lowest BCUT2D eigenvalue weighted by molar-refractivity contribution is -0.0965. The van der Waals surface area contributed by atoms with Gasteiger partial charge in [-0.2, -0.15) is 0 Å². The van der Waals surface area contributed by atoms with E-state index in [4.69, 9.17) is 14.2 Å². The van der Waals surface area contributed by atoms with Gasteiger partial charge in [-0.1, -0.05) is 0 Å². The van der Waals surface area contributed by atoms with Crippen LogP contribution >= 0.6 is 11.3 Å². The number of carbonyl (C=O) groups is 1. The highest BCUT2D eigenvalue weighted by Gasteiger charge is 2.25. The molecule has 0 spiro atoms. The lowest BCUT2D eigenvalue weighted by Crippen LogP contribution is -2.34. The molecule has 0 bridgehead atoms. The Morgan fingerprint density at radius 2 is 2.24 bits per heavy atom. The summed E-state index contributed by atoms with van der Waals surface area (Å²) in [6.07, 6.45) is 1.27. The van der Waals surface area contributed by atoms with Crippen LogP contribution in [0.25, 0.3) is 5.69 Å². The number of nitrogens with one attached hydrogen (secondary N) is 1. The maximum Gasteiger partial charge on any atom is 0.358 e. The monoisotopic (exact) mass is 364 g/mol. The predicted molar refractivity (Wildman–Crippen MR) is 93.4 cm³/mol. The second-order valence-electron chi connectivity index (χ2n) is 5.21. The number of thiophene rings is 1. The van der Waals surface area contributed by atoms with E-state index in [1.807, 2.05) is 16.0 Å². The largest absolute Gasteiger partial charge is 0.461 e. The number of fused-ring (bicyclic) bond motifs is 3. The Balaban J connectivity index is 1.91. The number of carbonyl (C=O) groups excluding carboxylic acids is 1. The van der Waals surface area contributed by atoms with Crippen LogP contribution in [0.1, 0.15) is 28.0 Å². The zero-order valence-electron chi connectivity index (χ0n) is 14.3. The fourth-order valence-electron chi connectivity index (χ4n) is 2.58. The normalized spacial score (nSPS) is 13.0. The van der Waals surface area contributed by atoms with Crippen LogP contribution in [0.4, 0.5) is 0 Å². The molecule has 3 rings (SSSR count). The first-order valence-corrected chi connectivity index (χ1v) is 8.73. The summed E-state index contributed by atoms with van der Waals surface area (Å²) in [7, 11) is 3.18. The molecule has 25 heavy (non-hydrogen) atoms. The Morgan fingerprint density at radius 1 is 1.44 bits per heavy atom. The van der Waals surface area contributed by atoms with Crippen molar-refractivity contribution < 1.29 is 19.0 Å². The van der Waals surface area contributed by atoms with Gasteiger partial charge in [-0.25, -0.2) is 9.78 Å². The fraction of sp³-hybridized carbons (Fsp3) is 0.438. The Morgan fingerprint density at radius 3 is 2.96 bits per heavy atom. The van der Waals surface area contributed by atoms with Crippen LogP contribution in [0, 0.1) is 0 Å². The lowest BCUT2D eigenvalue weighted by atomic mass is 10.3. The van der Waals surface area contributed by atoms with E-state index >= 15 is 0 Å². The first-order valence-electron chi connectivity index (χ1n) is 7.85. The summed E-state index contributed by atoms with van der Waals surface area (Å²) in [5.41, 5.74) is 1.94. The van der Waals surface area contributed by atoms with Gasteiger partial charge in [0.15, 0.2) is 12.0 Å². The minimum Gasteiger partial charge on any atom is -0.461 e. The molecule has 0 amide bonds. The summed E-state index contributed by atoms with van der Waals surface area (Å²) in [6, 6.07) is 1.98. The van der Waals surface area contributed by atoms with Crippen molar-refractivity contribution in [1.29, 1.82) is 0 Å². The number of hydrogen-bond donors (Lipinski definition) is 1. The highest BCUT2D eigenvalue weighted by atomic mass is 32.1. The highest BCUT2D eigenvalue weighted by molar-refractivity contribution is 7.12. The number of aromatic nitrogens is 2. The maximum atomic E-state index is 12.1. The summed E-state index contributed by atoms with van der Waals surface area (Å²) in [5.74, 6) is 0.307. The third-order valence-corrected chi connectivity index (χ3v) is 4.71. The minimum absolute atomic E-state index is 0.302. The molecule has 1 aliphatic heterocycles. The van der Waals surface area contributed by atoms with Crippen molar-refractivity contribution in [3.63, 3.8) is 0 Å². The highest BCUT2D eigenvalue weighted by Crippen LogP contribution is 2.27. The zero-order chi connectivity index (χ0) is 17.8. The standard InChI is InChI=1S/C16H20N4O4S/c1-4-24-16(21)13-11-7-17-15(18-8-12(22-2)23-3)14-10(5-6-25-14)20(11)9-19-13/h5-6,9,12H,4,7-8H2,1-3H3,(H,17,18). The Kier molecular flexibility index (Phi) is 5.47. The topological polar surface area (TPSA) is 87.0 Å². The molecule has 0 aromatic carbocycles. The molecule has 0 fully saturated rings. The van der Waals surface area contributed by atoms with E-state index < -0.39 is 5.97 Å². The Hall–Kier alpha value is -2.23. The molecule has 3 heterocycles. The van der Waals surface area contributed by atoms with Gasteiger partial charge >= 0.3 is 5.97 Å². The number of aliphatic imine (C=N–C) groups is 1. The van der Waals surface area contributed by atoms with Crippen molar-refractivity contribution in [2.45, 2.75) is 19.8 Å². The van der Waals surface area contributed by atoms with E-state index in [9.17, 15) is 4.79 Å². The number of methoxy groups -OCH3 is 2. The number of nitrogens with zero attached hydrogens (tertiary/aromatic N) is 3. The second kappa shape index (κ2) is 7.77. The van der Waals surface area contributed by atoms with Gasteiger partial charge in [0.05, 0.1) is 36.0 Å². The van der Waals surface area contributed by atoms with Gasteiger partial charge in [-0.3, -0.25) is 9.56 Å². The summed E-state index contributed by atoms with van der Waals surface area (Å²) >= 11 is 1.57. The molecule has 0 saturated heterocycles. The molecule has 0 atom stereocenters. The molecule has 0 radical (unpaired) electrons. The summed E-state index contributed by atoms with van der Waals surface area (Å²) in [6.45, 7) is 2.86. The number of amidine groups is 1. The van der Waals surface area contributed by atoms with E-state index in [0.717, 1.165) is 16.4 Å². The van der Waals surface area contributed by atoms with Crippen molar-refractivity contribution in [3.8, 4) is 5.69 Å². The van der Waals surface area contributed by atoms with E-state index in [0.29, 0.717) is 31.1 Å².